The van der Waals surface area contributed by atoms with E-state index in [1.54, 1.807) is 6.26 Å². The van der Waals surface area contributed by atoms with Gasteiger partial charge in [-0.2, -0.15) is 0 Å². The molecule has 1 atom stereocenters. The number of hydrogen-bond acceptors (Lipinski definition) is 2. The lowest BCUT2D eigenvalue weighted by molar-refractivity contribution is 0.0931. The molecule has 3 rings (SSSR count). The van der Waals surface area contributed by atoms with Gasteiger partial charge in [0.2, 0.25) is 0 Å². The number of amides is 1. The maximum Gasteiger partial charge on any atom is 0.252 e. The topological polar surface area (TPSA) is 42.2 Å². The zero-order chi connectivity index (χ0) is 14.1. The van der Waals surface area contributed by atoms with Crippen molar-refractivity contribution >= 4 is 44.4 Å². The first-order valence-electron chi connectivity index (χ1n) is 6.47. The Morgan fingerprint density at radius 3 is 3.10 bits per heavy atom. The normalized spacial score (nSPS) is 17.6. The van der Waals surface area contributed by atoms with Gasteiger partial charge in [-0.15, -0.1) is 0 Å². The summed E-state index contributed by atoms with van der Waals surface area (Å²) in [7, 11) is 0. The third-order valence-electron chi connectivity index (χ3n) is 3.53. The highest BCUT2D eigenvalue weighted by molar-refractivity contribution is 14.1. The van der Waals surface area contributed by atoms with Gasteiger partial charge in [0.1, 0.15) is 5.76 Å². The van der Waals surface area contributed by atoms with E-state index in [4.69, 9.17) is 4.42 Å². The van der Waals surface area contributed by atoms with Gasteiger partial charge in [0.05, 0.1) is 17.9 Å². The van der Waals surface area contributed by atoms with Gasteiger partial charge < -0.3 is 9.73 Å². The Morgan fingerprint density at radius 2 is 2.25 bits per heavy atom. The zero-order valence-corrected chi connectivity index (χ0v) is 14.4. The molecule has 5 heteroatoms. The number of carbonyl (C=O) groups excluding carboxylic acids is 1. The van der Waals surface area contributed by atoms with Gasteiger partial charge in [-0.25, -0.2) is 0 Å². The van der Waals surface area contributed by atoms with E-state index in [0.717, 1.165) is 38.6 Å². The summed E-state index contributed by atoms with van der Waals surface area (Å²) in [4.78, 5) is 12.4. The second kappa shape index (κ2) is 5.89. The van der Waals surface area contributed by atoms with Crippen molar-refractivity contribution in [1.29, 1.82) is 0 Å². The Bertz CT molecular complexity index is 653. The number of halogens is 2. The van der Waals surface area contributed by atoms with Crippen molar-refractivity contribution in [1.82, 2.24) is 5.32 Å². The van der Waals surface area contributed by atoms with E-state index in [1.165, 1.54) is 0 Å². The Morgan fingerprint density at radius 1 is 1.40 bits per heavy atom. The third kappa shape index (κ3) is 2.79. The van der Waals surface area contributed by atoms with Gasteiger partial charge in [0.25, 0.3) is 5.91 Å². The van der Waals surface area contributed by atoms with Crippen molar-refractivity contribution in [3.05, 3.63) is 55.5 Å². The van der Waals surface area contributed by atoms with Crippen molar-refractivity contribution in [3.63, 3.8) is 0 Å². The number of nitrogens with one attached hydrogen (secondary N) is 1. The molecule has 0 bridgehead atoms. The van der Waals surface area contributed by atoms with Gasteiger partial charge in [0.15, 0.2) is 0 Å². The molecule has 1 N–H and O–H groups in total. The monoisotopic (exact) mass is 445 g/mol. The second-order valence-corrected chi connectivity index (χ2v) is 6.94. The number of hydrogen-bond donors (Lipinski definition) is 1. The first kappa shape index (κ1) is 14.1. The van der Waals surface area contributed by atoms with Gasteiger partial charge in [-0.3, -0.25) is 4.79 Å². The van der Waals surface area contributed by atoms with Crippen molar-refractivity contribution < 1.29 is 9.21 Å². The van der Waals surface area contributed by atoms with Gasteiger partial charge >= 0.3 is 0 Å². The molecule has 1 amide bonds. The maximum absolute atomic E-state index is 12.4. The van der Waals surface area contributed by atoms with Crippen molar-refractivity contribution in [3.8, 4) is 0 Å². The Hall–Kier alpha value is -0.820. The molecule has 0 aliphatic heterocycles. The molecule has 0 spiro atoms. The molecule has 0 saturated carbocycles. The predicted molar refractivity (Wildman–Crippen MR) is 88.7 cm³/mol. The van der Waals surface area contributed by atoms with Crippen LogP contribution in [0.1, 0.15) is 40.6 Å². The maximum atomic E-state index is 12.4. The summed E-state index contributed by atoms with van der Waals surface area (Å²) >= 11 is 5.65. The summed E-state index contributed by atoms with van der Waals surface area (Å²) in [5.74, 6) is 0.956. The molecule has 1 aromatic carbocycles. The van der Waals surface area contributed by atoms with E-state index < -0.39 is 0 Å². The van der Waals surface area contributed by atoms with Gasteiger partial charge in [0, 0.05) is 20.0 Å². The van der Waals surface area contributed by atoms with E-state index in [2.05, 4.69) is 43.8 Å². The SMILES string of the molecule is O=C(NC1CCCc2occc21)c1cc(I)ccc1Br. The summed E-state index contributed by atoms with van der Waals surface area (Å²) < 4.78 is 7.32. The molecule has 1 aliphatic carbocycles. The van der Waals surface area contributed by atoms with Crippen molar-refractivity contribution in [2.75, 3.05) is 0 Å². The smallest absolute Gasteiger partial charge is 0.252 e. The van der Waals surface area contributed by atoms with Crippen LogP contribution in [-0.2, 0) is 6.42 Å². The van der Waals surface area contributed by atoms with Crippen LogP contribution < -0.4 is 5.32 Å². The van der Waals surface area contributed by atoms with Crippen LogP contribution in [0.4, 0.5) is 0 Å². The molecule has 1 unspecified atom stereocenters. The minimum Gasteiger partial charge on any atom is -0.469 e. The minimum absolute atomic E-state index is 0.0468. The molecule has 1 aliphatic rings. The molecule has 0 saturated heterocycles. The van der Waals surface area contributed by atoms with Crippen LogP contribution in [0.2, 0.25) is 0 Å². The number of benzene rings is 1. The summed E-state index contributed by atoms with van der Waals surface area (Å²) in [5, 5.41) is 3.11. The number of furan rings is 1. The van der Waals surface area contributed by atoms with Gasteiger partial charge in [-0.1, -0.05) is 0 Å². The Kier molecular flexibility index (Phi) is 4.16. The standard InChI is InChI=1S/C15H13BrINO2/c16-12-5-4-9(17)8-11(12)15(19)18-13-2-1-3-14-10(13)6-7-20-14/h4-8,13H,1-3H2,(H,18,19). The summed E-state index contributed by atoms with van der Waals surface area (Å²) in [5.41, 5.74) is 1.79. The number of fused-ring (bicyclic) bond motifs is 1. The Balaban J connectivity index is 1.82. The quantitative estimate of drug-likeness (QED) is 0.693. The van der Waals surface area contributed by atoms with Crippen LogP contribution in [0, 0.1) is 3.57 Å². The van der Waals surface area contributed by atoms with Crippen LogP contribution in [0.3, 0.4) is 0 Å². The van der Waals surface area contributed by atoms with Crippen LogP contribution in [0.25, 0.3) is 0 Å². The van der Waals surface area contributed by atoms with E-state index in [-0.39, 0.29) is 11.9 Å². The summed E-state index contributed by atoms with van der Waals surface area (Å²) in [6.07, 6.45) is 4.66. The van der Waals surface area contributed by atoms with Crippen LogP contribution >= 0.6 is 38.5 Å². The molecule has 2 aromatic rings. The first-order chi connectivity index (χ1) is 9.65. The third-order valence-corrected chi connectivity index (χ3v) is 4.89. The summed E-state index contributed by atoms with van der Waals surface area (Å²) in [6.45, 7) is 0. The largest absolute Gasteiger partial charge is 0.469 e. The lowest BCUT2D eigenvalue weighted by atomic mass is 9.93. The molecule has 1 aromatic heterocycles. The fraction of sp³-hybridized carbons (Fsp3) is 0.267. The van der Waals surface area contributed by atoms with Crippen LogP contribution in [0.15, 0.2) is 39.4 Å². The molecule has 3 nitrogen and oxygen atoms in total. The fourth-order valence-corrected chi connectivity index (χ4v) is 3.46. The highest BCUT2D eigenvalue weighted by Gasteiger charge is 2.25. The van der Waals surface area contributed by atoms with Gasteiger partial charge in [-0.05, 0) is 75.6 Å². The van der Waals surface area contributed by atoms with E-state index in [9.17, 15) is 4.79 Å². The highest BCUT2D eigenvalue weighted by atomic mass is 127. The molecule has 1 heterocycles. The highest BCUT2D eigenvalue weighted by Crippen LogP contribution is 2.31. The number of carbonyl (C=O) groups is 1. The molecule has 20 heavy (non-hydrogen) atoms. The average Bonchev–Trinajstić information content (AvgIpc) is 2.91. The van der Waals surface area contributed by atoms with E-state index in [1.807, 2.05) is 24.3 Å². The Labute approximate surface area is 139 Å². The van der Waals surface area contributed by atoms with Crippen molar-refractivity contribution in [2.24, 2.45) is 0 Å². The van der Waals surface area contributed by atoms with E-state index in [0.29, 0.717) is 5.56 Å². The second-order valence-electron chi connectivity index (χ2n) is 4.84. The summed E-state index contributed by atoms with van der Waals surface area (Å²) in [6, 6.07) is 7.77. The first-order valence-corrected chi connectivity index (χ1v) is 8.34. The van der Waals surface area contributed by atoms with E-state index >= 15 is 0 Å². The average molecular weight is 446 g/mol. The van der Waals surface area contributed by atoms with Crippen LogP contribution in [-0.4, -0.2) is 5.91 Å². The number of rotatable bonds is 2. The van der Waals surface area contributed by atoms with Crippen molar-refractivity contribution in [2.45, 2.75) is 25.3 Å². The minimum atomic E-state index is -0.0468. The lowest BCUT2D eigenvalue weighted by Crippen LogP contribution is -2.30. The molecule has 104 valence electrons. The number of aryl methyl sites for hydroxylation is 1. The predicted octanol–water partition coefficient (Wildman–Crippen LogP) is 4.45. The fourth-order valence-electron chi connectivity index (χ4n) is 2.54. The molecular weight excluding hydrogens is 433 g/mol. The molecule has 0 fully saturated rings. The molecule has 0 radical (unpaired) electrons. The molecular formula is C15H13BrINO2. The zero-order valence-electron chi connectivity index (χ0n) is 10.7. The lowest BCUT2D eigenvalue weighted by Gasteiger charge is -2.23. The van der Waals surface area contributed by atoms with Crippen LogP contribution in [0.5, 0.6) is 0 Å².